The summed E-state index contributed by atoms with van der Waals surface area (Å²) in [7, 11) is 1.23. The Balaban J connectivity index is 1.81. The smallest absolute Gasteiger partial charge is 0.408 e. The van der Waals surface area contributed by atoms with Crippen molar-refractivity contribution in [2.24, 2.45) is 0 Å². The number of morpholine rings is 1. The number of ether oxygens (including phenoxy) is 3. The molecule has 0 bridgehead atoms. The number of hydrogen-bond donors (Lipinski definition) is 1. The van der Waals surface area contributed by atoms with Crippen LogP contribution >= 0.6 is 0 Å². The number of benzene rings is 1. The van der Waals surface area contributed by atoms with Crippen LogP contribution in [-0.2, 0) is 30.4 Å². The van der Waals surface area contributed by atoms with Crippen molar-refractivity contribution in [3.8, 4) is 0 Å². The highest BCUT2D eigenvalue weighted by Crippen LogP contribution is 2.07. The van der Waals surface area contributed by atoms with Gasteiger partial charge >= 0.3 is 12.1 Å². The number of hydrogen-bond acceptors (Lipinski definition) is 6. The minimum absolute atomic E-state index is 0.0818. The predicted octanol–water partition coefficient (Wildman–Crippen LogP) is 1.09. The summed E-state index contributed by atoms with van der Waals surface area (Å²) in [6.45, 7) is 2.18. The Bertz CT molecular complexity index is 601. The molecule has 2 rings (SSSR count). The summed E-state index contributed by atoms with van der Waals surface area (Å²) in [6.07, 6.45) is -0.467. The molecule has 1 saturated heterocycles. The second kappa shape index (κ2) is 10.4. The summed E-state index contributed by atoms with van der Waals surface area (Å²) in [5.74, 6) is -0.696. The molecule has 1 atom stereocenters. The maximum Gasteiger partial charge on any atom is 0.408 e. The van der Waals surface area contributed by atoms with E-state index in [0.717, 1.165) is 5.56 Å². The maximum absolute atomic E-state index is 12.2. The number of methoxy groups -OCH3 is 1. The second-order valence-electron chi connectivity index (χ2n) is 5.81. The molecule has 1 aromatic carbocycles. The molecule has 1 aliphatic rings. The van der Waals surface area contributed by atoms with E-state index in [0.29, 0.717) is 26.3 Å². The first-order valence-electron chi connectivity index (χ1n) is 8.50. The van der Waals surface area contributed by atoms with Crippen LogP contribution in [0.2, 0.25) is 0 Å². The summed E-state index contributed by atoms with van der Waals surface area (Å²) < 4.78 is 15.0. The van der Waals surface area contributed by atoms with Gasteiger partial charge in [-0.3, -0.25) is 4.79 Å². The number of alkyl carbamates (subject to hydrolysis) is 1. The Morgan fingerprint density at radius 3 is 2.54 bits per heavy atom. The first-order chi connectivity index (χ1) is 12.6. The fourth-order valence-corrected chi connectivity index (χ4v) is 2.54. The molecule has 1 heterocycles. The van der Waals surface area contributed by atoms with Gasteiger partial charge < -0.3 is 24.4 Å². The number of carbonyl (C=O) groups excluding carboxylic acids is 3. The number of rotatable bonds is 7. The SMILES string of the molecule is COC(=O)[C@H](CCC(=O)N1CCOCC1)NC(=O)OCc1ccccc1. The van der Waals surface area contributed by atoms with Gasteiger partial charge in [0.15, 0.2) is 0 Å². The largest absolute Gasteiger partial charge is 0.467 e. The van der Waals surface area contributed by atoms with Gasteiger partial charge in [-0.2, -0.15) is 0 Å². The average Bonchev–Trinajstić information content (AvgIpc) is 2.70. The molecule has 2 amide bonds. The van der Waals surface area contributed by atoms with Crippen molar-refractivity contribution in [3.63, 3.8) is 0 Å². The van der Waals surface area contributed by atoms with E-state index in [1.165, 1.54) is 7.11 Å². The monoisotopic (exact) mass is 364 g/mol. The average molecular weight is 364 g/mol. The summed E-state index contributed by atoms with van der Waals surface area (Å²) in [5, 5.41) is 2.47. The lowest BCUT2D eigenvalue weighted by molar-refractivity contribution is -0.143. The zero-order valence-corrected chi connectivity index (χ0v) is 14.8. The maximum atomic E-state index is 12.2. The van der Waals surface area contributed by atoms with E-state index >= 15 is 0 Å². The van der Waals surface area contributed by atoms with Crippen molar-refractivity contribution < 1.29 is 28.6 Å². The van der Waals surface area contributed by atoms with Crippen molar-refractivity contribution in [1.29, 1.82) is 0 Å². The Labute approximate surface area is 152 Å². The Morgan fingerprint density at radius 2 is 1.88 bits per heavy atom. The number of carbonyl (C=O) groups is 3. The van der Waals surface area contributed by atoms with Crippen LogP contribution < -0.4 is 5.32 Å². The molecule has 142 valence electrons. The molecular formula is C18H24N2O6. The van der Waals surface area contributed by atoms with E-state index < -0.39 is 18.1 Å². The van der Waals surface area contributed by atoms with Crippen molar-refractivity contribution in [1.82, 2.24) is 10.2 Å². The fraction of sp³-hybridized carbons (Fsp3) is 0.500. The number of esters is 1. The second-order valence-corrected chi connectivity index (χ2v) is 5.81. The molecule has 0 radical (unpaired) electrons. The van der Waals surface area contributed by atoms with Gasteiger partial charge in [0.25, 0.3) is 0 Å². The van der Waals surface area contributed by atoms with E-state index in [2.05, 4.69) is 5.32 Å². The first kappa shape index (κ1) is 19.7. The van der Waals surface area contributed by atoms with E-state index in [-0.39, 0.29) is 25.4 Å². The van der Waals surface area contributed by atoms with Crippen LogP contribution in [0.15, 0.2) is 30.3 Å². The molecule has 1 fully saturated rings. The van der Waals surface area contributed by atoms with Gasteiger partial charge in [0.2, 0.25) is 5.91 Å². The number of amides is 2. The third kappa shape index (κ3) is 6.36. The third-order valence-electron chi connectivity index (χ3n) is 4.00. The van der Waals surface area contributed by atoms with Crippen LogP contribution in [0, 0.1) is 0 Å². The van der Waals surface area contributed by atoms with Gasteiger partial charge in [0.05, 0.1) is 20.3 Å². The number of nitrogens with one attached hydrogen (secondary N) is 1. The quantitative estimate of drug-likeness (QED) is 0.728. The summed E-state index contributed by atoms with van der Waals surface area (Å²) >= 11 is 0. The molecule has 26 heavy (non-hydrogen) atoms. The van der Waals surface area contributed by atoms with Gasteiger partial charge in [0.1, 0.15) is 12.6 Å². The molecule has 0 unspecified atom stereocenters. The normalized spacial score (nSPS) is 15.0. The van der Waals surface area contributed by atoms with Crippen molar-refractivity contribution >= 4 is 18.0 Å². The zero-order valence-electron chi connectivity index (χ0n) is 14.8. The van der Waals surface area contributed by atoms with E-state index in [4.69, 9.17) is 14.2 Å². The Kier molecular flexibility index (Phi) is 7.88. The minimum Gasteiger partial charge on any atom is -0.467 e. The van der Waals surface area contributed by atoms with Gasteiger partial charge in [-0.1, -0.05) is 30.3 Å². The van der Waals surface area contributed by atoms with Crippen LogP contribution in [0.3, 0.4) is 0 Å². The highest BCUT2D eigenvalue weighted by molar-refractivity contribution is 5.82. The highest BCUT2D eigenvalue weighted by atomic mass is 16.6. The molecule has 1 aromatic rings. The molecule has 8 heteroatoms. The third-order valence-corrected chi connectivity index (χ3v) is 4.00. The summed E-state index contributed by atoms with van der Waals surface area (Å²) in [6, 6.07) is 8.25. The standard InChI is InChI=1S/C18H24N2O6/c1-24-17(22)15(7-8-16(21)20-9-11-25-12-10-20)19-18(23)26-13-14-5-3-2-4-6-14/h2-6,15H,7-13H2,1H3,(H,19,23)/t15-/m0/s1. The Hall–Kier alpha value is -2.61. The molecule has 0 aliphatic carbocycles. The van der Waals surface area contributed by atoms with Gasteiger partial charge in [0, 0.05) is 19.5 Å². The van der Waals surface area contributed by atoms with Crippen molar-refractivity contribution in [2.45, 2.75) is 25.5 Å². The van der Waals surface area contributed by atoms with Crippen LogP contribution in [0.25, 0.3) is 0 Å². The molecular weight excluding hydrogens is 340 g/mol. The molecule has 0 aromatic heterocycles. The molecule has 0 saturated carbocycles. The Morgan fingerprint density at radius 1 is 1.19 bits per heavy atom. The van der Waals surface area contributed by atoms with Crippen molar-refractivity contribution in [2.75, 3.05) is 33.4 Å². The topological polar surface area (TPSA) is 94.2 Å². The van der Waals surface area contributed by atoms with E-state index in [9.17, 15) is 14.4 Å². The fourth-order valence-electron chi connectivity index (χ4n) is 2.54. The summed E-state index contributed by atoms with van der Waals surface area (Å²) in [4.78, 5) is 37.7. The van der Waals surface area contributed by atoms with E-state index in [1.807, 2.05) is 30.3 Å². The van der Waals surface area contributed by atoms with Gasteiger partial charge in [-0.05, 0) is 12.0 Å². The lowest BCUT2D eigenvalue weighted by atomic mass is 10.1. The molecule has 0 spiro atoms. The predicted molar refractivity (Wildman–Crippen MR) is 92.2 cm³/mol. The van der Waals surface area contributed by atoms with Crippen LogP contribution in [0.5, 0.6) is 0 Å². The lowest BCUT2D eigenvalue weighted by Crippen LogP contribution is -2.44. The van der Waals surface area contributed by atoms with Crippen LogP contribution in [0.1, 0.15) is 18.4 Å². The minimum atomic E-state index is -0.937. The molecule has 1 N–H and O–H groups in total. The lowest BCUT2D eigenvalue weighted by Gasteiger charge is -2.27. The van der Waals surface area contributed by atoms with Crippen LogP contribution in [0.4, 0.5) is 4.79 Å². The van der Waals surface area contributed by atoms with Crippen LogP contribution in [-0.4, -0.2) is 62.3 Å². The molecule has 8 nitrogen and oxygen atoms in total. The van der Waals surface area contributed by atoms with Gasteiger partial charge in [-0.25, -0.2) is 9.59 Å². The van der Waals surface area contributed by atoms with Gasteiger partial charge in [-0.15, -0.1) is 0 Å². The number of nitrogens with zero attached hydrogens (tertiary/aromatic N) is 1. The molecule has 1 aliphatic heterocycles. The summed E-state index contributed by atoms with van der Waals surface area (Å²) in [5.41, 5.74) is 0.833. The zero-order chi connectivity index (χ0) is 18.8. The van der Waals surface area contributed by atoms with Crippen molar-refractivity contribution in [3.05, 3.63) is 35.9 Å². The van der Waals surface area contributed by atoms with E-state index in [1.54, 1.807) is 4.90 Å². The first-order valence-corrected chi connectivity index (χ1v) is 8.50. The highest BCUT2D eigenvalue weighted by Gasteiger charge is 2.25.